The van der Waals surface area contributed by atoms with E-state index in [2.05, 4.69) is 44.4 Å². The number of benzene rings is 1. The minimum Gasteiger partial charge on any atom is -0.496 e. The number of fused-ring (bicyclic) bond motifs is 1. The number of hydrogen-bond donors (Lipinski definition) is 1. The molecular weight excluding hydrogens is 210 g/mol. The van der Waals surface area contributed by atoms with Gasteiger partial charge in [-0.25, -0.2) is 0 Å². The van der Waals surface area contributed by atoms with Gasteiger partial charge in [0.25, 0.3) is 0 Å². The predicted molar refractivity (Wildman–Crippen MR) is 71.6 cm³/mol. The normalized spacial score (nSPS) is 19.9. The van der Waals surface area contributed by atoms with E-state index in [0.717, 1.165) is 12.2 Å². The van der Waals surface area contributed by atoms with Crippen LogP contribution in [0.1, 0.15) is 31.4 Å². The Balaban J connectivity index is 2.29. The molecule has 0 spiro atoms. The van der Waals surface area contributed by atoms with E-state index in [1.807, 2.05) is 0 Å². The summed E-state index contributed by atoms with van der Waals surface area (Å²) in [5, 5.41) is 3.44. The van der Waals surface area contributed by atoms with Gasteiger partial charge in [0.1, 0.15) is 5.75 Å². The summed E-state index contributed by atoms with van der Waals surface area (Å²) in [6, 6.07) is 6.41. The number of methoxy groups -OCH3 is 1. The first-order valence-electron chi connectivity index (χ1n) is 6.42. The van der Waals surface area contributed by atoms with Gasteiger partial charge in [0.15, 0.2) is 0 Å². The van der Waals surface area contributed by atoms with Crippen LogP contribution in [0.5, 0.6) is 5.75 Å². The number of rotatable bonds is 3. The van der Waals surface area contributed by atoms with Crippen molar-refractivity contribution in [3.8, 4) is 5.75 Å². The highest BCUT2D eigenvalue weighted by molar-refractivity contribution is 5.42. The van der Waals surface area contributed by atoms with E-state index in [1.165, 1.54) is 24.0 Å². The second-order valence-corrected chi connectivity index (χ2v) is 5.51. The van der Waals surface area contributed by atoms with E-state index in [4.69, 9.17) is 4.74 Å². The number of aryl methyl sites for hydroxylation is 1. The van der Waals surface area contributed by atoms with Crippen LogP contribution < -0.4 is 10.1 Å². The van der Waals surface area contributed by atoms with Gasteiger partial charge >= 0.3 is 0 Å². The molecule has 0 radical (unpaired) electrons. The highest BCUT2D eigenvalue weighted by Gasteiger charge is 2.32. The Morgan fingerprint density at radius 1 is 1.35 bits per heavy atom. The lowest BCUT2D eigenvalue weighted by atomic mass is 9.74. The third-order valence-corrected chi connectivity index (χ3v) is 4.33. The van der Waals surface area contributed by atoms with Crippen LogP contribution >= 0.6 is 0 Å². The van der Waals surface area contributed by atoms with E-state index in [1.54, 1.807) is 7.11 Å². The van der Waals surface area contributed by atoms with Crippen LogP contribution in [0.3, 0.4) is 0 Å². The Morgan fingerprint density at radius 2 is 2.12 bits per heavy atom. The fourth-order valence-corrected chi connectivity index (χ4v) is 2.77. The van der Waals surface area contributed by atoms with E-state index in [0.29, 0.717) is 5.92 Å². The van der Waals surface area contributed by atoms with Crippen molar-refractivity contribution in [2.75, 3.05) is 14.2 Å². The lowest BCUT2D eigenvalue weighted by molar-refractivity contribution is 0.241. The fourth-order valence-electron chi connectivity index (χ4n) is 2.77. The van der Waals surface area contributed by atoms with Crippen LogP contribution in [0, 0.1) is 5.92 Å². The van der Waals surface area contributed by atoms with Crippen molar-refractivity contribution >= 4 is 0 Å². The molecule has 0 aliphatic heterocycles. The maximum absolute atomic E-state index is 5.49. The zero-order chi connectivity index (χ0) is 12.5. The molecule has 1 atom stereocenters. The van der Waals surface area contributed by atoms with Gasteiger partial charge in [-0.1, -0.05) is 12.1 Å². The first kappa shape index (κ1) is 12.4. The third-order valence-electron chi connectivity index (χ3n) is 4.33. The molecule has 1 aromatic rings. The smallest absolute Gasteiger partial charge is 0.122 e. The van der Waals surface area contributed by atoms with Gasteiger partial charge in [-0.2, -0.15) is 0 Å². The van der Waals surface area contributed by atoms with Gasteiger partial charge in [0, 0.05) is 5.54 Å². The SMILES string of the molecule is CNC(C)(C)C1CCc2cccc(OC)c2C1. The number of hydrogen-bond acceptors (Lipinski definition) is 2. The molecule has 0 heterocycles. The van der Waals surface area contributed by atoms with Crippen LogP contribution in [0.4, 0.5) is 0 Å². The van der Waals surface area contributed by atoms with Crippen LogP contribution in [0.2, 0.25) is 0 Å². The van der Waals surface area contributed by atoms with Crippen molar-refractivity contribution in [1.29, 1.82) is 0 Å². The monoisotopic (exact) mass is 233 g/mol. The Morgan fingerprint density at radius 3 is 2.76 bits per heavy atom. The lowest BCUT2D eigenvalue weighted by Gasteiger charge is -2.38. The molecule has 0 saturated carbocycles. The Labute approximate surface area is 104 Å². The van der Waals surface area contributed by atoms with E-state index >= 15 is 0 Å². The molecule has 2 nitrogen and oxygen atoms in total. The molecule has 1 aliphatic carbocycles. The number of nitrogens with one attached hydrogen (secondary N) is 1. The van der Waals surface area contributed by atoms with Gasteiger partial charge in [-0.05, 0) is 63.3 Å². The fraction of sp³-hybridized carbons (Fsp3) is 0.600. The highest BCUT2D eigenvalue weighted by Crippen LogP contribution is 2.36. The lowest BCUT2D eigenvalue weighted by Crippen LogP contribution is -2.46. The zero-order valence-corrected chi connectivity index (χ0v) is 11.3. The van der Waals surface area contributed by atoms with Crippen molar-refractivity contribution < 1.29 is 4.74 Å². The van der Waals surface area contributed by atoms with Crippen molar-refractivity contribution in [3.63, 3.8) is 0 Å². The minimum absolute atomic E-state index is 0.193. The maximum Gasteiger partial charge on any atom is 0.122 e. The third kappa shape index (κ3) is 2.32. The van der Waals surface area contributed by atoms with Crippen molar-refractivity contribution in [1.82, 2.24) is 5.32 Å². The number of ether oxygens (including phenoxy) is 1. The minimum atomic E-state index is 0.193. The van der Waals surface area contributed by atoms with E-state index in [9.17, 15) is 0 Å². The average Bonchev–Trinajstić information content (AvgIpc) is 2.37. The summed E-state index contributed by atoms with van der Waals surface area (Å²) in [6.45, 7) is 4.58. The van der Waals surface area contributed by atoms with Crippen molar-refractivity contribution in [3.05, 3.63) is 29.3 Å². The Bertz CT molecular complexity index is 384. The molecular formula is C15H23NO. The molecule has 0 bridgehead atoms. The Kier molecular flexibility index (Phi) is 3.43. The second kappa shape index (κ2) is 4.69. The average molecular weight is 233 g/mol. The highest BCUT2D eigenvalue weighted by atomic mass is 16.5. The predicted octanol–water partition coefficient (Wildman–Crippen LogP) is 2.80. The molecule has 1 unspecified atom stereocenters. The quantitative estimate of drug-likeness (QED) is 0.867. The molecule has 1 aromatic carbocycles. The molecule has 1 N–H and O–H groups in total. The van der Waals surface area contributed by atoms with Crippen LogP contribution in [0.25, 0.3) is 0 Å². The van der Waals surface area contributed by atoms with Gasteiger partial charge in [-0.3, -0.25) is 0 Å². The first-order chi connectivity index (χ1) is 8.08. The molecule has 0 amide bonds. The summed E-state index contributed by atoms with van der Waals surface area (Å²) in [6.07, 6.45) is 3.55. The van der Waals surface area contributed by atoms with Crippen LogP contribution in [0.15, 0.2) is 18.2 Å². The van der Waals surface area contributed by atoms with E-state index in [-0.39, 0.29) is 5.54 Å². The van der Waals surface area contributed by atoms with Crippen LogP contribution in [-0.4, -0.2) is 19.7 Å². The summed E-state index contributed by atoms with van der Waals surface area (Å²) >= 11 is 0. The summed E-state index contributed by atoms with van der Waals surface area (Å²) in [5.74, 6) is 1.73. The largest absolute Gasteiger partial charge is 0.496 e. The molecule has 0 fully saturated rings. The Hall–Kier alpha value is -1.02. The molecule has 94 valence electrons. The topological polar surface area (TPSA) is 21.3 Å². The van der Waals surface area contributed by atoms with Gasteiger partial charge in [-0.15, -0.1) is 0 Å². The van der Waals surface area contributed by atoms with Crippen LogP contribution in [-0.2, 0) is 12.8 Å². The summed E-state index contributed by atoms with van der Waals surface area (Å²) in [4.78, 5) is 0. The van der Waals surface area contributed by atoms with Crippen molar-refractivity contribution in [2.24, 2.45) is 5.92 Å². The zero-order valence-electron chi connectivity index (χ0n) is 11.3. The van der Waals surface area contributed by atoms with Gasteiger partial charge < -0.3 is 10.1 Å². The first-order valence-corrected chi connectivity index (χ1v) is 6.42. The van der Waals surface area contributed by atoms with Gasteiger partial charge in [0.05, 0.1) is 7.11 Å². The summed E-state index contributed by atoms with van der Waals surface area (Å²) in [5.41, 5.74) is 3.07. The molecule has 1 aliphatic rings. The van der Waals surface area contributed by atoms with Gasteiger partial charge in [0.2, 0.25) is 0 Å². The van der Waals surface area contributed by atoms with E-state index < -0.39 is 0 Å². The maximum atomic E-state index is 5.49. The summed E-state index contributed by atoms with van der Waals surface area (Å²) < 4.78 is 5.49. The molecule has 0 saturated heterocycles. The molecule has 0 aromatic heterocycles. The van der Waals surface area contributed by atoms with Crippen molar-refractivity contribution in [2.45, 2.75) is 38.6 Å². The standard InChI is InChI=1S/C15H23NO/c1-15(2,16-3)12-9-8-11-6-5-7-14(17-4)13(11)10-12/h5-7,12,16H,8-10H2,1-4H3. The molecule has 2 rings (SSSR count). The molecule has 17 heavy (non-hydrogen) atoms. The summed E-state index contributed by atoms with van der Waals surface area (Å²) in [7, 11) is 3.82. The molecule has 2 heteroatoms. The second-order valence-electron chi connectivity index (χ2n) is 5.51.